The standard InChI is InChI=1S/C15H23NO3/c1-11(2)12-5-7-13(8-6-12)14(15(17)18)16(3)9-10-19-4/h5-8,11,14H,9-10H2,1-4H3,(H,17,18)/t14-/m0/s1. The minimum absolute atomic E-state index is 0.448. The quantitative estimate of drug-likeness (QED) is 0.823. The number of carboxylic acid groups (broad SMARTS) is 1. The maximum Gasteiger partial charge on any atom is 0.325 e. The van der Waals surface area contributed by atoms with Crippen molar-refractivity contribution in [1.82, 2.24) is 4.90 Å². The summed E-state index contributed by atoms with van der Waals surface area (Å²) in [6, 6.07) is 7.17. The zero-order chi connectivity index (χ0) is 14.4. The molecule has 1 atom stereocenters. The highest BCUT2D eigenvalue weighted by molar-refractivity contribution is 5.75. The van der Waals surface area contributed by atoms with Crippen molar-refractivity contribution in [1.29, 1.82) is 0 Å². The summed E-state index contributed by atoms with van der Waals surface area (Å²) in [7, 11) is 3.41. The van der Waals surface area contributed by atoms with Gasteiger partial charge in [0.15, 0.2) is 0 Å². The van der Waals surface area contributed by atoms with Crippen molar-refractivity contribution < 1.29 is 14.6 Å². The SMILES string of the molecule is COCCN(C)[C@H](C(=O)O)c1ccc(C(C)C)cc1. The molecule has 0 spiro atoms. The molecule has 0 fully saturated rings. The van der Waals surface area contributed by atoms with Crippen molar-refractivity contribution in [3.63, 3.8) is 0 Å². The number of rotatable bonds is 7. The zero-order valence-electron chi connectivity index (χ0n) is 12.1. The number of hydrogen-bond donors (Lipinski definition) is 1. The van der Waals surface area contributed by atoms with Gasteiger partial charge in [0, 0.05) is 13.7 Å². The van der Waals surface area contributed by atoms with E-state index < -0.39 is 12.0 Å². The Kier molecular flexibility index (Phi) is 5.99. The molecule has 0 aliphatic carbocycles. The second kappa shape index (κ2) is 7.26. The van der Waals surface area contributed by atoms with Gasteiger partial charge in [-0.15, -0.1) is 0 Å². The monoisotopic (exact) mass is 265 g/mol. The summed E-state index contributed by atoms with van der Waals surface area (Å²) < 4.78 is 4.99. The number of benzene rings is 1. The molecule has 0 aliphatic heterocycles. The normalized spacial score (nSPS) is 12.9. The Hall–Kier alpha value is -1.39. The molecule has 4 nitrogen and oxygen atoms in total. The van der Waals surface area contributed by atoms with Crippen LogP contribution in [0.3, 0.4) is 0 Å². The minimum Gasteiger partial charge on any atom is -0.480 e. The van der Waals surface area contributed by atoms with Crippen LogP contribution in [-0.2, 0) is 9.53 Å². The van der Waals surface area contributed by atoms with Gasteiger partial charge in [0.1, 0.15) is 6.04 Å². The fourth-order valence-corrected chi connectivity index (χ4v) is 2.01. The first-order valence-corrected chi connectivity index (χ1v) is 6.49. The summed E-state index contributed by atoms with van der Waals surface area (Å²) in [6.07, 6.45) is 0. The maximum absolute atomic E-state index is 11.4. The molecule has 0 bridgehead atoms. The Morgan fingerprint density at radius 2 is 1.79 bits per heavy atom. The summed E-state index contributed by atoms with van der Waals surface area (Å²) in [5, 5.41) is 9.39. The van der Waals surface area contributed by atoms with Crippen LogP contribution >= 0.6 is 0 Å². The number of carbonyl (C=O) groups is 1. The van der Waals surface area contributed by atoms with Gasteiger partial charge in [0.05, 0.1) is 6.61 Å². The molecule has 0 saturated carbocycles. The molecule has 1 N–H and O–H groups in total. The molecule has 1 rings (SSSR count). The Bertz CT molecular complexity index is 400. The average molecular weight is 265 g/mol. The van der Waals surface area contributed by atoms with Crippen molar-refractivity contribution >= 4 is 5.97 Å². The minimum atomic E-state index is -0.837. The lowest BCUT2D eigenvalue weighted by molar-refractivity contribution is -0.143. The third-order valence-corrected chi connectivity index (χ3v) is 3.24. The predicted molar refractivity (Wildman–Crippen MR) is 75.4 cm³/mol. The highest BCUT2D eigenvalue weighted by atomic mass is 16.5. The lowest BCUT2D eigenvalue weighted by Gasteiger charge is -2.24. The second-order valence-corrected chi connectivity index (χ2v) is 5.04. The van der Waals surface area contributed by atoms with Gasteiger partial charge in [0.2, 0.25) is 0 Å². The van der Waals surface area contributed by atoms with E-state index in [1.807, 2.05) is 24.3 Å². The Morgan fingerprint density at radius 1 is 1.26 bits per heavy atom. The first kappa shape index (κ1) is 15.7. The van der Waals surface area contributed by atoms with E-state index in [-0.39, 0.29) is 0 Å². The van der Waals surface area contributed by atoms with E-state index >= 15 is 0 Å². The first-order chi connectivity index (χ1) is 8.97. The van der Waals surface area contributed by atoms with Crippen LogP contribution < -0.4 is 0 Å². The molecule has 0 aliphatic rings. The van der Waals surface area contributed by atoms with Gasteiger partial charge in [-0.1, -0.05) is 38.1 Å². The smallest absolute Gasteiger partial charge is 0.325 e. The number of hydrogen-bond acceptors (Lipinski definition) is 3. The van der Waals surface area contributed by atoms with Crippen molar-refractivity contribution in [2.24, 2.45) is 0 Å². The molecule has 1 aromatic carbocycles. The molecule has 0 aromatic heterocycles. The van der Waals surface area contributed by atoms with E-state index in [1.54, 1.807) is 19.1 Å². The molecule has 106 valence electrons. The van der Waals surface area contributed by atoms with E-state index in [4.69, 9.17) is 4.74 Å². The first-order valence-electron chi connectivity index (χ1n) is 6.49. The summed E-state index contributed by atoms with van der Waals surface area (Å²) in [5.41, 5.74) is 2.02. The van der Waals surface area contributed by atoms with Crippen LogP contribution in [0.4, 0.5) is 0 Å². The van der Waals surface area contributed by atoms with Crippen LogP contribution in [0.2, 0.25) is 0 Å². The van der Waals surface area contributed by atoms with Crippen LogP contribution in [0.5, 0.6) is 0 Å². The van der Waals surface area contributed by atoms with Crippen LogP contribution in [0, 0.1) is 0 Å². The van der Waals surface area contributed by atoms with E-state index in [0.717, 1.165) is 5.56 Å². The average Bonchev–Trinajstić information content (AvgIpc) is 2.36. The Labute approximate surface area is 115 Å². The number of carboxylic acids is 1. The summed E-state index contributed by atoms with van der Waals surface area (Å²) in [5.74, 6) is -0.389. The number of aliphatic carboxylic acids is 1. The Balaban J connectivity index is 2.89. The second-order valence-electron chi connectivity index (χ2n) is 5.04. The van der Waals surface area contributed by atoms with Gasteiger partial charge < -0.3 is 9.84 Å². The fourth-order valence-electron chi connectivity index (χ4n) is 2.01. The molecule has 4 heteroatoms. The summed E-state index contributed by atoms with van der Waals surface area (Å²) >= 11 is 0. The van der Waals surface area contributed by atoms with Crippen LogP contribution in [0.25, 0.3) is 0 Å². The van der Waals surface area contributed by atoms with Crippen LogP contribution in [-0.4, -0.2) is 43.3 Å². The van der Waals surface area contributed by atoms with Crippen LogP contribution in [0.15, 0.2) is 24.3 Å². The molecule has 0 saturated heterocycles. The van der Waals surface area contributed by atoms with E-state index in [2.05, 4.69) is 13.8 Å². The number of nitrogens with zero attached hydrogens (tertiary/aromatic N) is 1. The van der Waals surface area contributed by atoms with E-state index in [9.17, 15) is 9.90 Å². The van der Waals surface area contributed by atoms with Gasteiger partial charge >= 0.3 is 5.97 Å². The number of likely N-dealkylation sites (N-methyl/N-ethyl adjacent to an activating group) is 1. The molecule has 1 aromatic rings. The Morgan fingerprint density at radius 3 is 2.21 bits per heavy atom. The van der Waals surface area contributed by atoms with E-state index in [1.165, 1.54) is 5.56 Å². The van der Waals surface area contributed by atoms with Gasteiger partial charge in [-0.05, 0) is 24.1 Å². The zero-order valence-corrected chi connectivity index (χ0v) is 12.1. The van der Waals surface area contributed by atoms with Crippen molar-refractivity contribution in [2.45, 2.75) is 25.8 Å². The molecular weight excluding hydrogens is 242 g/mol. The predicted octanol–water partition coefficient (Wildman–Crippen LogP) is 2.51. The number of ether oxygens (including phenoxy) is 1. The highest BCUT2D eigenvalue weighted by Gasteiger charge is 2.24. The van der Waals surface area contributed by atoms with Gasteiger partial charge in [-0.3, -0.25) is 9.69 Å². The van der Waals surface area contributed by atoms with Gasteiger partial charge in [-0.2, -0.15) is 0 Å². The third-order valence-electron chi connectivity index (χ3n) is 3.24. The summed E-state index contributed by atoms with van der Waals surface area (Å²) in [6.45, 7) is 5.34. The molecular formula is C15H23NO3. The van der Waals surface area contributed by atoms with E-state index in [0.29, 0.717) is 19.1 Å². The highest BCUT2D eigenvalue weighted by Crippen LogP contribution is 2.22. The molecule has 0 radical (unpaired) electrons. The molecule has 19 heavy (non-hydrogen) atoms. The lowest BCUT2D eigenvalue weighted by Crippen LogP contribution is -2.33. The topological polar surface area (TPSA) is 49.8 Å². The largest absolute Gasteiger partial charge is 0.480 e. The fraction of sp³-hybridized carbons (Fsp3) is 0.533. The van der Waals surface area contributed by atoms with Crippen molar-refractivity contribution in [3.05, 3.63) is 35.4 Å². The third kappa shape index (κ3) is 4.33. The molecule has 0 amide bonds. The lowest BCUT2D eigenvalue weighted by atomic mass is 9.98. The molecule has 0 unspecified atom stereocenters. The van der Waals surface area contributed by atoms with Gasteiger partial charge in [0.25, 0.3) is 0 Å². The van der Waals surface area contributed by atoms with Crippen LogP contribution in [0.1, 0.15) is 36.9 Å². The van der Waals surface area contributed by atoms with Crippen molar-refractivity contribution in [2.75, 3.05) is 27.3 Å². The molecule has 0 heterocycles. The number of methoxy groups -OCH3 is 1. The van der Waals surface area contributed by atoms with Gasteiger partial charge in [-0.25, -0.2) is 0 Å². The van der Waals surface area contributed by atoms with Crippen molar-refractivity contribution in [3.8, 4) is 0 Å². The summed E-state index contributed by atoms with van der Waals surface area (Å²) in [4.78, 5) is 13.2. The maximum atomic E-state index is 11.4.